The summed E-state index contributed by atoms with van der Waals surface area (Å²) in [5.74, 6) is 0.920. The summed E-state index contributed by atoms with van der Waals surface area (Å²) < 4.78 is 0. The highest BCUT2D eigenvalue weighted by molar-refractivity contribution is 6.30. The van der Waals surface area contributed by atoms with Crippen LogP contribution in [0.1, 0.15) is 20.3 Å². The fraction of sp³-hybridized carbons (Fsp3) is 0.429. The zero-order chi connectivity index (χ0) is 15.2. The minimum absolute atomic E-state index is 0.0681. The predicted octanol–water partition coefficient (Wildman–Crippen LogP) is 2.16. The van der Waals surface area contributed by atoms with Crippen molar-refractivity contribution in [3.8, 4) is 11.4 Å². The minimum Gasteiger partial charge on any atom is -0.354 e. The lowest BCUT2D eigenvalue weighted by atomic mass is 10.1. The Bertz CT molecular complexity index is 594. The molecule has 2 aromatic rings. The Labute approximate surface area is 128 Å². The van der Waals surface area contributed by atoms with Gasteiger partial charge >= 0.3 is 0 Å². The van der Waals surface area contributed by atoms with Crippen LogP contribution in [0.3, 0.4) is 0 Å². The Kier molecular flexibility index (Phi) is 5.27. The highest BCUT2D eigenvalue weighted by Crippen LogP contribution is 2.16. The molecule has 0 saturated heterocycles. The predicted molar refractivity (Wildman–Crippen MR) is 80.7 cm³/mol. The second-order valence-corrected chi connectivity index (χ2v) is 5.62. The van der Waals surface area contributed by atoms with Crippen molar-refractivity contribution >= 4 is 17.5 Å². The van der Waals surface area contributed by atoms with Crippen LogP contribution in [0.4, 0.5) is 0 Å². The second kappa shape index (κ2) is 7.17. The average molecular weight is 308 g/mol. The number of nitrogens with one attached hydrogen (secondary N) is 1. The zero-order valence-corrected chi connectivity index (χ0v) is 12.8. The Morgan fingerprint density at radius 3 is 2.71 bits per heavy atom. The van der Waals surface area contributed by atoms with Crippen molar-refractivity contribution in [1.29, 1.82) is 0 Å². The van der Waals surface area contributed by atoms with Gasteiger partial charge in [0.25, 0.3) is 0 Å². The summed E-state index contributed by atoms with van der Waals surface area (Å²) in [4.78, 5) is 13.0. The largest absolute Gasteiger partial charge is 0.354 e. The fourth-order valence-corrected chi connectivity index (χ4v) is 1.84. The third-order valence-electron chi connectivity index (χ3n) is 2.88. The lowest BCUT2D eigenvalue weighted by Crippen LogP contribution is -2.29. The highest BCUT2D eigenvalue weighted by Gasteiger charge is 2.09. The summed E-state index contributed by atoms with van der Waals surface area (Å²) in [5.41, 5.74) is 0.811. The topological polar surface area (TPSA) is 72.7 Å². The molecule has 0 saturated carbocycles. The molecular weight excluding hydrogens is 290 g/mol. The maximum atomic E-state index is 11.7. The van der Waals surface area contributed by atoms with Crippen LogP contribution in [-0.2, 0) is 11.3 Å². The maximum absolute atomic E-state index is 11.7. The van der Waals surface area contributed by atoms with E-state index in [1.807, 2.05) is 12.1 Å². The number of halogens is 1. The van der Waals surface area contributed by atoms with Crippen molar-refractivity contribution in [2.45, 2.75) is 26.8 Å². The van der Waals surface area contributed by atoms with Crippen LogP contribution < -0.4 is 5.32 Å². The molecule has 0 fully saturated rings. The lowest BCUT2D eigenvalue weighted by Gasteiger charge is -2.06. The van der Waals surface area contributed by atoms with E-state index >= 15 is 0 Å². The molecule has 7 heteroatoms. The summed E-state index contributed by atoms with van der Waals surface area (Å²) in [6.07, 6.45) is 0.951. The van der Waals surface area contributed by atoms with Gasteiger partial charge in [0.2, 0.25) is 11.7 Å². The molecule has 0 unspecified atom stereocenters. The van der Waals surface area contributed by atoms with Crippen molar-refractivity contribution < 1.29 is 4.79 Å². The van der Waals surface area contributed by atoms with Gasteiger partial charge in [-0.15, -0.1) is 10.2 Å². The summed E-state index contributed by atoms with van der Waals surface area (Å²) in [6, 6.07) is 7.14. The van der Waals surface area contributed by atoms with E-state index in [-0.39, 0.29) is 12.5 Å². The number of rotatable bonds is 6. The molecule has 1 amide bonds. The molecule has 0 radical (unpaired) electrons. The van der Waals surface area contributed by atoms with E-state index in [1.165, 1.54) is 4.80 Å². The first-order valence-corrected chi connectivity index (χ1v) is 7.23. The number of hydrogen-bond donors (Lipinski definition) is 1. The van der Waals surface area contributed by atoms with Gasteiger partial charge in [0.05, 0.1) is 0 Å². The lowest BCUT2D eigenvalue weighted by molar-refractivity contribution is -0.122. The molecule has 0 atom stereocenters. The second-order valence-electron chi connectivity index (χ2n) is 5.18. The van der Waals surface area contributed by atoms with Gasteiger partial charge in [-0.1, -0.05) is 25.4 Å². The van der Waals surface area contributed by atoms with Crippen LogP contribution in [0, 0.1) is 5.92 Å². The molecule has 21 heavy (non-hydrogen) atoms. The monoisotopic (exact) mass is 307 g/mol. The molecule has 0 spiro atoms. The van der Waals surface area contributed by atoms with Crippen molar-refractivity contribution in [2.75, 3.05) is 6.54 Å². The quantitative estimate of drug-likeness (QED) is 0.887. The van der Waals surface area contributed by atoms with Crippen molar-refractivity contribution in [2.24, 2.45) is 5.92 Å². The molecule has 1 aromatic heterocycles. The van der Waals surface area contributed by atoms with Crippen LogP contribution in [0.15, 0.2) is 24.3 Å². The van der Waals surface area contributed by atoms with Crippen LogP contribution in [-0.4, -0.2) is 32.7 Å². The molecule has 0 aliphatic heterocycles. The Morgan fingerprint density at radius 2 is 2.05 bits per heavy atom. The number of nitrogens with zero attached hydrogens (tertiary/aromatic N) is 4. The number of carbonyl (C=O) groups is 1. The number of amides is 1. The Hall–Kier alpha value is -1.95. The normalized spacial score (nSPS) is 10.9. The molecule has 2 rings (SSSR count). The van der Waals surface area contributed by atoms with E-state index in [2.05, 4.69) is 34.6 Å². The average Bonchev–Trinajstić information content (AvgIpc) is 2.87. The first kappa shape index (κ1) is 15.4. The molecular formula is C14H18ClN5O. The number of tetrazole rings is 1. The number of benzene rings is 1. The van der Waals surface area contributed by atoms with Gasteiger partial charge < -0.3 is 5.32 Å². The maximum Gasteiger partial charge on any atom is 0.243 e. The molecule has 0 aliphatic carbocycles. The SMILES string of the molecule is CC(C)CCNC(=O)Cn1nnc(-c2ccc(Cl)cc2)n1. The molecule has 1 heterocycles. The standard InChI is InChI=1S/C14H18ClN5O/c1-10(2)7-8-16-13(21)9-20-18-14(17-19-20)11-3-5-12(15)6-4-11/h3-6,10H,7-9H2,1-2H3,(H,16,21). The molecule has 0 bridgehead atoms. The van der Waals surface area contributed by atoms with Crippen molar-refractivity contribution in [1.82, 2.24) is 25.5 Å². The summed E-state index contributed by atoms with van der Waals surface area (Å²) >= 11 is 5.83. The number of hydrogen-bond acceptors (Lipinski definition) is 4. The molecule has 1 N–H and O–H groups in total. The number of carbonyl (C=O) groups excluding carboxylic acids is 1. The van der Waals surface area contributed by atoms with Crippen LogP contribution in [0.25, 0.3) is 11.4 Å². The van der Waals surface area contributed by atoms with Gasteiger partial charge in [0, 0.05) is 17.1 Å². The third-order valence-corrected chi connectivity index (χ3v) is 3.14. The van der Waals surface area contributed by atoms with Gasteiger partial charge in [-0.3, -0.25) is 4.79 Å². The summed E-state index contributed by atoms with van der Waals surface area (Å²) in [7, 11) is 0. The summed E-state index contributed by atoms with van der Waals surface area (Å²) in [5, 5.41) is 15.5. The van der Waals surface area contributed by atoms with Crippen molar-refractivity contribution in [3.05, 3.63) is 29.3 Å². The molecule has 6 nitrogen and oxygen atoms in total. The van der Waals surface area contributed by atoms with E-state index in [9.17, 15) is 4.79 Å². The Morgan fingerprint density at radius 1 is 1.33 bits per heavy atom. The van der Waals surface area contributed by atoms with E-state index in [0.29, 0.717) is 23.3 Å². The van der Waals surface area contributed by atoms with E-state index in [1.54, 1.807) is 12.1 Å². The van der Waals surface area contributed by atoms with E-state index in [0.717, 1.165) is 12.0 Å². The van der Waals surface area contributed by atoms with Crippen LogP contribution in [0.2, 0.25) is 5.02 Å². The van der Waals surface area contributed by atoms with Gasteiger partial charge in [-0.2, -0.15) is 4.80 Å². The smallest absolute Gasteiger partial charge is 0.243 e. The van der Waals surface area contributed by atoms with Gasteiger partial charge in [-0.25, -0.2) is 0 Å². The van der Waals surface area contributed by atoms with E-state index in [4.69, 9.17) is 11.6 Å². The first-order chi connectivity index (χ1) is 10.0. The Balaban J connectivity index is 1.91. The van der Waals surface area contributed by atoms with Crippen LogP contribution >= 0.6 is 11.6 Å². The van der Waals surface area contributed by atoms with Gasteiger partial charge in [-0.05, 0) is 41.8 Å². The van der Waals surface area contributed by atoms with Gasteiger partial charge in [0.1, 0.15) is 6.54 Å². The first-order valence-electron chi connectivity index (χ1n) is 6.85. The third kappa shape index (κ3) is 4.82. The molecule has 1 aromatic carbocycles. The molecule has 0 aliphatic rings. The van der Waals surface area contributed by atoms with Crippen LogP contribution in [0.5, 0.6) is 0 Å². The minimum atomic E-state index is -0.115. The molecule has 112 valence electrons. The van der Waals surface area contributed by atoms with Gasteiger partial charge in [0.15, 0.2) is 0 Å². The van der Waals surface area contributed by atoms with Crippen molar-refractivity contribution in [3.63, 3.8) is 0 Å². The highest BCUT2D eigenvalue weighted by atomic mass is 35.5. The summed E-state index contributed by atoms with van der Waals surface area (Å²) in [6.45, 7) is 4.96. The zero-order valence-electron chi connectivity index (χ0n) is 12.1. The van der Waals surface area contributed by atoms with E-state index < -0.39 is 0 Å². The number of aromatic nitrogens is 4. The fourth-order valence-electron chi connectivity index (χ4n) is 1.71.